The number of carbonyl (C=O) groups is 2. The van der Waals surface area contributed by atoms with Gasteiger partial charge in [0.1, 0.15) is 5.75 Å². The maximum absolute atomic E-state index is 12.6. The van der Waals surface area contributed by atoms with E-state index in [1.807, 2.05) is 26.0 Å². The number of amides is 2. The molecule has 0 saturated carbocycles. The van der Waals surface area contributed by atoms with E-state index in [0.29, 0.717) is 21.4 Å². The van der Waals surface area contributed by atoms with Gasteiger partial charge in [0.05, 0.1) is 34.6 Å². The normalized spacial score (nSPS) is 15.8. The Labute approximate surface area is 204 Å². The van der Waals surface area contributed by atoms with E-state index < -0.39 is 5.92 Å². The second kappa shape index (κ2) is 10.4. The molecule has 6 nitrogen and oxygen atoms in total. The Morgan fingerprint density at radius 3 is 2.62 bits per heavy atom. The van der Waals surface area contributed by atoms with Crippen molar-refractivity contribution in [1.82, 2.24) is 5.32 Å². The van der Waals surface area contributed by atoms with Crippen LogP contribution < -0.4 is 15.4 Å². The Morgan fingerprint density at radius 2 is 2.03 bits per heavy atom. The summed E-state index contributed by atoms with van der Waals surface area (Å²) in [6, 6.07) is 11.3. The van der Waals surface area contributed by atoms with Crippen LogP contribution in [0, 0.1) is 25.2 Å². The molecule has 0 spiro atoms. The first-order valence-corrected chi connectivity index (χ1v) is 11.9. The van der Waals surface area contributed by atoms with Crippen molar-refractivity contribution in [3.05, 3.63) is 67.1 Å². The zero-order valence-corrected chi connectivity index (χ0v) is 20.9. The van der Waals surface area contributed by atoms with Crippen LogP contribution in [0.5, 0.6) is 5.75 Å². The molecule has 2 aromatic carbocycles. The van der Waals surface area contributed by atoms with Crippen LogP contribution in [-0.2, 0) is 9.59 Å². The van der Waals surface area contributed by atoms with Gasteiger partial charge in [-0.15, -0.1) is 0 Å². The van der Waals surface area contributed by atoms with Gasteiger partial charge in [-0.1, -0.05) is 45.4 Å². The molecule has 166 valence electrons. The van der Waals surface area contributed by atoms with E-state index in [2.05, 4.69) is 32.6 Å². The molecule has 0 radical (unpaired) electrons. The summed E-state index contributed by atoms with van der Waals surface area (Å²) in [4.78, 5) is 24.9. The van der Waals surface area contributed by atoms with Crippen molar-refractivity contribution in [2.75, 3.05) is 18.2 Å². The van der Waals surface area contributed by atoms with Gasteiger partial charge in [-0.3, -0.25) is 9.59 Å². The highest BCUT2D eigenvalue weighted by molar-refractivity contribution is 9.10. The molecule has 0 aliphatic carbocycles. The Bertz CT molecular complexity index is 1140. The van der Waals surface area contributed by atoms with Crippen LogP contribution >= 0.6 is 39.3 Å². The highest BCUT2D eigenvalue weighted by Gasteiger charge is 2.30. The molecule has 0 aromatic heterocycles. The molecule has 1 atom stereocenters. The number of aryl methyl sites for hydroxylation is 2. The van der Waals surface area contributed by atoms with Crippen LogP contribution in [0.25, 0.3) is 0 Å². The van der Waals surface area contributed by atoms with Crippen molar-refractivity contribution in [2.24, 2.45) is 0 Å². The largest absolute Gasteiger partial charge is 0.495 e. The van der Waals surface area contributed by atoms with Crippen LogP contribution in [-0.4, -0.2) is 24.7 Å². The van der Waals surface area contributed by atoms with Crippen LogP contribution in [0.1, 0.15) is 29.0 Å². The quantitative estimate of drug-likeness (QED) is 0.515. The molecule has 2 N–H and O–H groups in total. The number of thioether (sulfide) groups is 1. The summed E-state index contributed by atoms with van der Waals surface area (Å²) in [5, 5.41) is 16.3. The minimum Gasteiger partial charge on any atom is -0.495 e. The molecular formula is C23H21BrClN3O3S. The minimum atomic E-state index is -0.446. The average molecular weight is 535 g/mol. The molecule has 2 amide bonds. The van der Waals surface area contributed by atoms with Gasteiger partial charge in [0.15, 0.2) is 0 Å². The zero-order valence-electron chi connectivity index (χ0n) is 17.7. The third kappa shape index (κ3) is 5.47. The molecular weight excluding hydrogens is 514 g/mol. The monoisotopic (exact) mass is 533 g/mol. The molecule has 32 heavy (non-hydrogen) atoms. The van der Waals surface area contributed by atoms with E-state index in [-0.39, 0.29) is 24.0 Å². The van der Waals surface area contributed by atoms with Crippen LogP contribution in [0.2, 0.25) is 5.02 Å². The lowest BCUT2D eigenvalue weighted by Gasteiger charge is -2.25. The number of halogens is 2. The number of ether oxygens (including phenoxy) is 1. The number of nitrogens with one attached hydrogen (secondary N) is 2. The van der Waals surface area contributed by atoms with Crippen molar-refractivity contribution in [1.29, 1.82) is 5.26 Å². The van der Waals surface area contributed by atoms with E-state index in [1.54, 1.807) is 18.2 Å². The summed E-state index contributed by atoms with van der Waals surface area (Å²) < 4.78 is 6.12. The second-order valence-corrected chi connectivity index (χ2v) is 9.61. The maximum Gasteiger partial charge on any atom is 0.234 e. The van der Waals surface area contributed by atoms with E-state index in [4.69, 9.17) is 16.3 Å². The first-order valence-electron chi connectivity index (χ1n) is 9.70. The topological polar surface area (TPSA) is 91.2 Å². The Hall–Kier alpha value is -2.47. The SMILES string of the molecule is COc1ccc([C@H]2CC(=O)NC(SCC(=O)Nc3c(C)cc(Br)cc3C)=C2C#N)cc1Cl. The van der Waals surface area contributed by atoms with Gasteiger partial charge in [0.25, 0.3) is 0 Å². The average Bonchev–Trinajstić information content (AvgIpc) is 2.74. The highest BCUT2D eigenvalue weighted by atomic mass is 79.9. The third-order valence-electron chi connectivity index (χ3n) is 5.04. The molecule has 0 saturated heterocycles. The number of carbonyl (C=O) groups excluding carboxylic acids is 2. The first kappa shape index (κ1) is 24.2. The molecule has 1 aliphatic rings. The fourth-order valence-corrected chi connectivity index (χ4v) is 5.37. The molecule has 0 unspecified atom stereocenters. The third-order valence-corrected chi connectivity index (χ3v) is 6.81. The summed E-state index contributed by atoms with van der Waals surface area (Å²) in [6.07, 6.45) is 0.124. The van der Waals surface area contributed by atoms with E-state index in [1.165, 1.54) is 7.11 Å². The number of nitriles is 1. The van der Waals surface area contributed by atoms with Gasteiger partial charge >= 0.3 is 0 Å². The van der Waals surface area contributed by atoms with Crippen LogP contribution in [0.4, 0.5) is 5.69 Å². The first-order chi connectivity index (χ1) is 15.2. The van der Waals surface area contributed by atoms with Gasteiger partial charge in [0, 0.05) is 22.5 Å². The Morgan fingerprint density at radius 1 is 1.34 bits per heavy atom. The molecule has 0 bridgehead atoms. The number of hydrogen-bond donors (Lipinski definition) is 2. The molecule has 3 rings (SSSR count). The molecule has 1 heterocycles. The number of benzene rings is 2. The summed E-state index contributed by atoms with van der Waals surface area (Å²) >= 11 is 10.8. The van der Waals surface area contributed by atoms with Gasteiger partial charge in [-0.25, -0.2) is 0 Å². The van der Waals surface area contributed by atoms with E-state index in [9.17, 15) is 14.9 Å². The minimum absolute atomic E-state index is 0.0474. The van der Waals surface area contributed by atoms with Gasteiger partial charge < -0.3 is 15.4 Å². The van der Waals surface area contributed by atoms with Crippen LogP contribution in [0.3, 0.4) is 0 Å². The van der Waals surface area contributed by atoms with Crippen LogP contribution in [0.15, 0.2) is 45.4 Å². The van der Waals surface area contributed by atoms with E-state index >= 15 is 0 Å². The highest BCUT2D eigenvalue weighted by Crippen LogP contribution is 2.38. The lowest BCUT2D eigenvalue weighted by atomic mass is 9.87. The number of anilines is 1. The van der Waals surface area contributed by atoms with Gasteiger partial charge in [0.2, 0.25) is 11.8 Å². The Kier molecular flexibility index (Phi) is 7.88. The fraction of sp³-hybridized carbons (Fsp3) is 0.261. The number of hydrogen-bond acceptors (Lipinski definition) is 5. The number of allylic oxidation sites excluding steroid dienone is 1. The fourth-order valence-electron chi connectivity index (χ4n) is 3.54. The molecule has 0 fully saturated rings. The van der Waals surface area contributed by atoms with Gasteiger partial charge in [-0.05, 0) is 54.8 Å². The molecule has 9 heteroatoms. The predicted octanol–water partition coefficient (Wildman–Crippen LogP) is 5.44. The van der Waals surface area contributed by atoms with Gasteiger partial charge in [-0.2, -0.15) is 5.26 Å². The molecule has 2 aromatic rings. The number of nitrogens with zero attached hydrogens (tertiary/aromatic N) is 1. The lowest BCUT2D eigenvalue weighted by Crippen LogP contribution is -2.31. The molecule has 1 aliphatic heterocycles. The number of rotatable bonds is 6. The predicted molar refractivity (Wildman–Crippen MR) is 131 cm³/mol. The summed E-state index contributed by atoms with van der Waals surface area (Å²) in [5.74, 6) is -0.325. The number of methoxy groups -OCH3 is 1. The zero-order chi connectivity index (χ0) is 23.4. The second-order valence-electron chi connectivity index (χ2n) is 7.30. The standard InChI is InChI=1S/C23H21BrClN3O3S/c1-12-6-15(24)7-13(2)22(12)27-21(30)11-32-23-17(10-26)16(9-20(29)28-23)14-4-5-19(31-3)18(25)8-14/h4-8,16H,9,11H2,1-3H3,(H,27,30)(H,28,29)/t16-/m1/s1. The Balaban J connectivity index is 1.80. The smallest absolute Gasteiger partial charge is 0.234 e. The van der Waals surface area contributed by atoms with Crippen molar-refractivity contribution >= 4 is 56.8 Å². The van der Waals surface area contributed by atoms with Crippen molar-refractivity contribution in [2.45, 2.75) is 26.2 Å². The van der Waals surface area contributed by atoms with Crippen molar-refractivity contribution in [3.8, 4) is 11.8 Å². The summed E-state index contributed by atoms with van der Waals surface area (Å²) in [5.41, 5.74) is 3.78. The van der Waals surface area contributed by atoms with Crippen molar-refractivity contribution in [3.63, 3.8) is 0 Å². The lowest BCUT2D eigenvalue weighted by molar-refractivity contribution is -0.121. The van der Waals surface area contributed by atoms with E-state index in [0.717, 1.165) is 38.6 Å². The summed E-state index contributed by atoms with van der Waals surface area (Å²) in [7, 11) is 1.52. The summed E-state index contributed by atoms with van der Waals surface area (Å²) in [6.45, 7) is 3.84. The maximum atomic E-state index is 12.6. The van der Waals surface area contributed by atoms with Crippen molar-refractivity contribution < 1.29 is 14.3 Å².